The van der Waals surface area contributed by atoms with Crippen LogP contribution >= 0.6 is 0 Å². The number of carbonyl (C=O) groups is 1. The highest BCUT2D eigenvalue weighted by atomic mass is 19.1. The number of halogens is 1. The molecule has 1 fully saturated rings. The fourth-order valence-corrected chi connectivity index (χ4v) is 3.74. The molecular formula is C24H23FN8O2. The fraction of sp³-hybridized carbons (Fsp3) is 0.250. The maximum absolute atomic E-state index is 13.7. The third-order valence-electron chi connectivity index (χ3n) is 5.70. The summed E-state index contributed by atoms with van der Waals surface area (Å²) in [6, 6.07) is 6.88. The van der Waals surface area contributed by atoms with Crippen LogP contribution in [0.15, 0.2) is 47.9 Å². The Hall–Kier alpha value is -4.41. The lowest BCUT2D eigenvalue weighted by atomic mass is 10.1. The average Bonchev–Trinajstić information content (AvgIpc) is 3.49. The van der Waals surface area contributed by atoms with Gasteiger partial charge < -0.3 is 20.1 Å². The molecule has 1 amide bonds. The molecule has 2 N–H and O–H groups in total. The number of carbonyl (C=O) groups excluding carboxylic acids is 1. The molecular weight excluding hydrogens is 451 g/mol. The first-order chi connectivity index (χ1) is 16.9. The van der Waals surface area contributed by atoms with Gasteiger partial charge in [-0.2, -0.15) is 0 Å². The average molecular weight is 475 g/mol. The normalized spacial score (nSPS) is 15.4. The molecule has 1 atom stereocenters. The number of allylic oxidation sites excluding steroid dienone is 1. The van der Waals surface area contributed by atoms with Crippen LogP contribution in [-0.2, 0) is 0 Å². The van der Waals surface area contributed by atoms with Gasteiger partial charge in [0.1, 0.15) is 23.5 Å². The van der Waals surface area contributed by atoms with E-state index in [4.69, 9.17) is 4.52 Å². The number of anilines is 4. The standard InChI is InChI=1S/C24H23FN8O2/c1-13(2)19-9-20(32-35-19)30-23(34)15-5-4-14(3)17(8-15)29-22-21-18(27-12-28-22)10-26-24(31-21)33-7-6-16(25)11-33/h4-5,8-10,12,16H,1,6-7,11H2,2-3H3,(H,27,28,29)(H,30,32,34)/t16-/m0/s1. The molecule has 4 aromatic rings. The number of amides is 1. The maximum atomic E-state index is 13.7. The Morgan fingerprint density at radius 3 is 2.86 bits per heavy atom. The summed E-state index contributed by atoms with van der Waals surface area (Å²) in [6.45, 7) is 8.31. The zero-order valence-electron chi connectivity index (χ0n) is 19.2. The number of nitrogens with zero attached hydrogens (tertiary/aromatic N) is 6. The molecule has 0 unspecified atom stereocenters. The second-order valence-corrected chi connectivity index (χ2v) is 8.42. The van der Waals surface area contributed by atoms with Crippen molar-refractivity contribution in [2.75, 3.05) is 28.6 Å². The molecule has 0 radical (unpaired) electrons. The molecule has 0 aliphatic carbocycles. The van der Waals surface area contributed by atoms with E-state index in [1.807, 2.05) is 13.0 Å². The predicted octanol–water partition coefficient (Wildman–Crippen LogP) is 4.29. The van der Waals surface area contributed by atoms with Gasteiger partial charge in [-0.1, -0.05) is 17.8 Å². The SMILES string of the molecule is C=C(C)c1cc(NC(=O)c2ccc(C)c(Nc3ncnc4cnc(N5CC[C@H](F)C5)nc34)c2)no1. The number of benzene rings is 1. The summed E-state index contributed by atoms with van der Waals surface area (Å²) in [6.07, 6.45) is 2.58. The van der Waals surface area contributed by atoms with Crippen molar-refractivity contribution in [2.24, 2.45) is 0 Å². The number of hydrogen-bond acceptors (Lipinski definition) is 9. The minimum Gasteiger partial charge on any atom is -0.354 e. The van der Waals surface area contributed by atoms with Gasteiger partial charge in [0.15, 0.2) is 17.4 Å². The number of hydrogen-bond donors (Lipinski definition) is 2. The van der Waals surface area contributed by atoms with Crippen molar-refractivity contribution in [1.82, 2.24) is 25.1 Å². The third kappa shape index (κ3) is 4.65. The summed E-state index contributed by atoms with van der Waals surface area (Å²) in [5.41, 5.74) is 3.74. The molecule has 5 rings (SSSR count). The summed E-state index contributed by atoms with van der Waals surface area (Å²) in [5.74, 6) is 1.34. The molecule has 35 heavy (non-hydrogen) atoms. The van der Waals surface area contributed by atoms with Gasteiger partial charge in [-0.05, 0) is 43.5 Å². The highest BCUT2D eigenvalue weighted by Gasteiger charge is 2.24. The van der Waals surface area contributed by atoms with Gasteiger partial charge in [-0.3, -0.25) is 4.79 Å². The van der Waals surface area contributed by atoms with Crippen molar-refractivity contribution >= 4 is 45.8 Å². The van der Waals surface area contributed by atoms with Gasteiger partial charge in [-0.15, -0.1) is 0 Å². The largest absolute Gasteiger partial charge is 0.354 e. The molecule has 0 saturated carbocycles. The van der Waals surface area contributed by atoms with Crippen LogP contribution in [0.5, 0.6) is 0 Å². The van der Waals surface area contributed by atoms with E-state index in [9.17, 15) is 9.18 Å². The molecule has 0 bridgehead atoms. The van der Waals surface area contributed by atoms with Crippen LogP contribution in [0.4, 0.5) is 27.7 Å². The third-order valence-corrected chi connectivity index (χ3v) is 5.70. The lowest BCUT2D eigenvalue weighted by Crippen LogP contribution is -2.22. The number of aromatic nitrogens is 5. The summed E-state index contributed by atoms with van der Waals surface area (Å²) in [4.78, 5) is 32.2. The van der Waals surface area contributed by atoms with E-state index in [2.05, 4.69) is 42.3 Å². The van der Waals surface area contributed by atoms with E-state index in [0.29, 0.717) is 64.2 Å². The Kier molecular flexibility index (Phi) is 5.81. The van der Waals surface area contributed by atoms with Gasteiger partial charge in [0.05, 0.1) is 12.7 Å². The summed E-state index contributed by atoms with van der Waals surface area (Å²) in [5, 5.41) is 9.83. The van der Waals surface area contributed by atoms with Crippen LogP contribution in [0.25, 0.3) is 16.6 Å². The summed E-state index contributed by atoms with van der Waals surface area (Å²) in [7, 11) is 0. The van der Waals surface area contributed by atoms with Crippen molar-refractivity contribution in [3.8, 4) is 0 Å². The van der Waals surface area contributed by atoms with Crippen molar-refractivity contribution in [2.45, 2.75) is 26.4 Å². The van der Waals surface area contributed by atoms with Gasteiger partial charge >= 0.3 is 0 Å². The quantitative estimate of drug-likeness (QED) is 0.421. The van der Waals surface area contributed by atoms with Crippen LogP contribution in [0.3, 0.4) is 0 Å². The van der Waals surface area contributed by atoms with Crippen molar-refractivity contribution in [3.63, 3.8) is 0 Å². The maximum Gasteiger partial charge on any atom is 0.256 e. The number of nitrogens with one attached hydrogen (secondary N) is 2. The Labute approximate surface area is 200 Å². The van der Waals surface area contributed by atoms with E-state index >= 15 is 0 Å². The molecule has 11 heteroatoms. The molecule has 3 aromatic heterocycles. The monoisotopic (exact) mass is 474 g/mol. The highest BCUT2D eigenvalue weighted by molar-refractivity contribution is 6.04. The fourth-order valence-electron chi connectivity index (χ4n) is 3.74. The molecule has 1 aliphatic rings. The van der Waals surface area contributed by atoms with Gasteiger partial charge in [0, 0.05) is 23.9 Å². The highest BCUT2D eigenvalue weighted by Crippen LogP contribution is 2.27. The van der Waals surface area contributed by atoms with Crippen molar-refractivity contribution in [3.05, 3.63) is 60.3 Å². The van der Waals surface area contributed by atoms with Crippen LogP contribution < -0.4 is 15.5 Å². The molecule has 10 nitrogen and oxygen atoms in total. The van der Waals surface area contributed by atoms with Crippen molar-refractivity contribution in [1.29, 1.82) is 0 Å². The second-order valence-electron chi connectivity index (χ2n) is 8.42. The van der Waals surface area contributed by atoms with E-state index in [0.717, 1.165) is 5.56 Å². The minimum atomic E-state index is -0.889. The van der Waals surface area contributed by atoms with E-state index in [1.165, 1.54) is 6.33 Å². The number of rotatable bonds is 6. The minimum absolute atomic E-state index is 0.262. The molecule has 1 saturated heterocycles. The lowest BCUT2D eigenvalue weighted by molar-refractivity contribution is 0.102. The number of aryl methyl sites for hydroxylation is 1. The zero-order chi connectivity index (χ0) is 24.5. The molecule has 1 aromatic carbocycles. The van der Waals surface area contributed by atoms with Gasteiger partial charge in [-0.25, -0.2) is 24.3 Å². The van der Waals surface area contributed by atoms with E-state index in [1.54, 1.807) is 36.2 Å². The topological polar surface area (TPSA) is 122 Å². The Balaban J connectivity index is 1.41. The molecule has 1 aliphatic heterocycles. The van der Waals surface area contributed by atoms with Crippen LogP contribution in [-0.4, -0.2) is 50.3 Å². The smallest absolute Gasteiger partial charge is 0.256 e. The van der Waals surface area contributed by atoms with Crippen LogP contribution in [0, 0.1) is 6.92 Å². The first-order valence-corrected chi connectivity index (χ1v) is 11.1. The molecule has 0 spiro atoms. The predicted molar refractivity (Wildman–Crippen MR) is 130 cm³/mol. The summed E-state index contributed by atoms with van der Waals surface area (Å²) < 4.78 is 18.8. The van der Waals surface area contributed by atoms with Crippen LogP contribution in [0.1, 0.15) is 35.0 Å². The van der Waals surface area contributed by atoms with Gasteiger partial charge in [0.25, 0.3) is 5.91 Å². The second kappa shape index (κ2) is 9.09. The Bertz CT molecular complexity index is 1440. The van der Waals surface area contributed by atoms with Gasteiger partial charge in [0.2, 0.25) is 5.95 Å². The van der Waals surface area contributed by atoms with Crippen LogP contribution in [0.2, 0.25) is 0 Å². The Morgan fingerprint density at radius 1 is 1.26 bits per heavy atom. The Morgan fingerprint density at radius 2 is 2.11 bits per heavy atom. The number of alkyl halides is 1. The van der Waals surface area contributed by atoms with Crippen molar-refractivity contribution < 1.29 is 13.7 Å². The lowest BCUT2D eigenvalue weighted by Gasteiger charge is -2.16. The van der Waals surface area contributed by atoms with E-state index in [-0.39, 0.29) is 12.5 Å². The van der Waals surface area contributed by atoms with E-state index < -0.39 is 6.17 Å². The molecule has 4 heterocycles. The zero-order valence-corrected chi connectivity index (χ0v) is 19.2. The molecule has 178 valence electrons. The summed E-state index contributed by atoms with van der Waals surface area (Å²) >= 11 is 0. The number of fused-ring (bicyclic) bond motifs is 1. The first kappa shape index (κ1) is 22.4. The first-order valence-electron chi connectivity index (χ1n) is 11.1.